The number of nitrogens with zero attached hydrogens (tertiary/aromatic N) is 4. The maximum atomic E-state index is 12.6. The molecule has 0 radical (unpaired) electrons. The number of aliphatic hydroxyl groups excluding tert-OH is 1. The van der Waals surface area contributed by atoms with Crippen LogP contribution in [-0.4, -0.2) is 42.8 Å². The third kappa shape index (κ3) is 4.01. The highest BCUT2D eigenvalue weighted by molar-refractivity contribution is 6.07. The molecule has 2 amide bonds. The summed E-state index contributed by atoms with van der Waals surface area (Å²) in [5.74, 6) is -0.826. The lowest BCUT2D eigenvalue weighted by molar-refractivity contribution is 0.0986. The smallest absolute Gasteiger partial charge is 0.277 e. The van der Waals surface area contributed by atoms with E-state index < -0.39 is 11.8 Å². The quantitative estimate of drug-likeness (QED) is 0.486. The SMILES string of the molecule is NC(=O)c1nn(C2CCC(O)CC2)cc1NC(=O)c1coc(-c2ccnc(N)c2)n1. The van der Waals surface area contributed by atoms with Crippen LogP contribution in [0.1, 0.15) is 52.7 Å². The van der Waals surface area contributed by atoms with Gasteiger partial charge in [-0.05, 0) is 37.8 Å². The molecule has 3 aromatic rings. The van der Waals surface area contributed by atoms with Gasteiger partial charge in [-0.1, -0.05) is 0 Å². The number of nitrogen functional groups attached to an aromatic ring is 1. The number of carbonyl (C=O) groups excluding carboxylic acids is 2. The van der Waals surface area contributed by atoms with Crippen LogP contribution in [-0.2, 0) is 0 Å². The van der Waals surface area contributed by atoms with Crippen LogP contribution in [0, 0.1) is 0 Å². The van der Waals surface area contributed by atoms with Crippen LogP contribution in [0.3, 0.4) is 0 Å². The molecule has 0 unspecified atom stereocenters. The maximum Gasteiger partial charge on any atom is 0.277 e. The standard InChI is InChI=1S/C19H21N7O4/c20-15-7-10(5-6-22-15)19-24-14(9-30-19)18(29)23-13-8-26(25-16(13)17(21)28)11-1-3-12(27)4-2-11/h5-9,11-12,27H,1-4H2,(H2,20,22)(H2,21,28)(H,23,29). The van der Waals surface area contributed by atoms with Crippen molar-refractivity contribution >= 4 is 23.3 Å². The molecule has 1 aliphatic rings. The van der Waals surface area contributed by atoms with E-state index in [1.807, 2.05) is 0 Å². The summed E-state index contributed by atoms with van der Waals surface area (Å²) >= 11 is 0. The minimum atomic E-state index is -0.756. The third-order valence-corrected chi connectivity index (χ3v) is 5.02. The van der Waals surface area contributed by atoms with Crippen molar-refractivity contribution in [1.82, 2.24) is 19.7 Å². The van der Waals surface area contributed by atoms with E-state index in [1.54, 1.807) is 23.0 Å². The lowest BCUT2D eigenvalue weighted by atomic mass is 9.93. The molecule has 3 heterocycles. The fourth-order valence-corrected chi connectivity index (χ4v) is 3.45. The molecule has 11 nitrogen and oxygen atoms in total. The van der Waals surface area contributed by atoms with Crippen LogP contribution in [0.4, 0.5) is 11.5 Å². The van der Waals surface area contributed by atoms with Gasteiger partial charge in [0.1, 0.15) is 12.1 Å². The summed E-state index contributed by atoms with van der Waals surface area (Å²) in [5, 5.41) is 16.5. The van der Waals surface area contributed by atoms with Crippen molar-refractivity contribution in [2.75, 3.05) is 11.1 Å². The van der Waals surface area contributed by atoms with E-state index in [2.05, 4.69) is 20.4 Å². The Morgan fingerprint density at radius 1 is 1.27 bits per heavy atom. The zero-order chi connectivity index (χ0) is 21.3. The maximum absolute atomic E-state index is 12.6. The van der Waals surface area contributed by atoms with Gasteiger partial charge in [0.2, 0.25) is 5.89 Å². The predicted molar refractivity (Wildman–Crippen MR) is 106 cm³/mol. The topological polar surface area (TPSA) is 175 Å². The predicted octanol–water partition coefficient (Wildman–Crippen LogP) is 1.34. The Balaban J connectivity index is 1.53. The molecule has 11 heteroatoms. The zero-order valence-electron chi connectivity index (χ0n) is 16.0. The monoisotopic (exact) mass is 411 g/mol. The number of aromatic nitrogens is 4. The summed E-state index contributed by atoms with van der Waals surface area (Å²) in [6, 6.07) is 3.25. The van der Waals surface area contributed by atoms with Gasteiger partial charge in [-0.3, -0.25) is 14.3 Å². The Kier molecular flexibility index (Phi) is 5.19. The number of hydrogen-bond donors (Lipinski definition) is 4. The van der Waals surface area contributed by atoms with E-state index in [1.165, 1.54) is 12.5 Å². The second-order valence-corrected chi connectivity index (χ2v) is 7.16. The molecule has 0 aromatic carbocycles. The number of anilines is 2. The fraction of sp³-hybridized carbons (Fsp3) is 0.316. The third-order valence-electron chi connectivity index (χ3n) is 5.02. The Bertz CT molecular complexity index is 1080. The molecule has 0 aliphatic heterocycles. The molecule has 1 fully saturated rings. The van der Waals surface area contributed by atoms with Gasteiger partial charge in [0, 0.05) is 18.0 Å². The lowest BCUT2D eigenvalue weighted by Crippen LogP contribution is -2.22. The van der Waals surface area contributed by atoms with Crippen molar-refractivity contribution < 1.29 is 19.1 Å². The molecule has 156 valence electrons. The summed E-state index contributed by atoms with van der Waals surface area (Å²) in [5.41, 5.74) is 11.8. The van der Waals surface area contributed by atoms with Gasteiger partial charge in [0.05, 0.1) is 17.8 Å². The summed E-state index contributed by atoms with van der Waals surface area (Å²) in [6.45, 7) is 0. The van der Waals surface area contributed by atoms with E-state index in [9.17, 15) is 14.7 Å². The van der Waals surface area contributed by atoms with Gasteiger partial charge < -0.3 is 26.3 Å². The number of hydrogen-bond acceptors (Lipinski definition) is 8. The normalized spacial score (nSPS) is 18.8. The molecule has 30 heavy (non-hydrogen) atoms. The number of nitrogens with one attached hydrogen (secondary N) is 1. The highest BCUT2D eigenvalue weighted by Gasteiger charge is 2.25. The highest BCUT2D eigenvalue weighted by Crippen LogP contribution is 2.30. The summed E-state index contributed by atoms with van der Waals surface area (Å²) in [4.78, 5) is 32.5. The van der Waals surface area contributed by atoms with Crippen molar-refractivity contribution in [3.05, 3.63) is 42.2 Å². The zero-order valence-corrected chi connectivity index (χ0v) is 16.0. The molecular weight excluding hydrogens is 390 g/mol. The molecule has 0 bridgehead atoms. The number of carbonyl (C=O) groups is 2. The summed E-state index contributed by atoms with van der Waals surface area (Å²) < 4.78 is 6.98. The molecule has 4 rings (SSSR count). The average Bonchev–Trinajstić information content (AvgIpc) is 3.36. The van der Waals surface area contributed by atoms with Crippen LogP contribution < -0.4 is 16.8 Å². The molecule has 1 saturated carbocycles. The minimum Gasteiger partial charge on any atom is -0.444 e. The number of oxazole rings is 1. The number of rotatable bonds is 5. The van der Waals surface area contributed by atoms with Crippen molar-refractivity contribution in [2.24, 2.45) is 5.73 Å². The van der Waals surface area contributed by atoms with Crippen LogP contribution >= 0.6 is 0 Å². The van der Waals surface area contributed by atoms with Gasteiger partial charge >= 0.3 is 0 Å². The summed E-state index contributed by atoms with van der Waals surface area (Å²) in [7, 11) is 0. The Hall–Kier alpha value is -3.73. The van der Waals surface area contributed by atoms with Crippen molar-refractivity contribution in [2.45, 2.75) is 37.8 Å². The van der Waals surface area contributed by atoms with Gasteiger partial charge in [-0.2, -0.15) is 5.10 Å². The molecule has 6 N–H and O–H groups in total. The first-order chi connectivity index (χ1) is 14.4. The Morgan fingerprint density at radius 2 is 2.03 bits per heavy atom. The first-order valence-electron chi connectivity index (χ1n) is 9.46. The van der Waals surface area contributed by atoms with Crippen molar-refractivity contribution in [3.63, 3.8) is 0 Å². The van der Waals surface area contributed by atoms with E-state index in [0.717, 1.165) is 12.8 Å². The molecule has 0 saturated heterocycles. The van der Waals surface area contributed by atoms with Gasteiger partial charge in [0.25, 0.3) is 11.8 Å². The van der Waals surface area contributed by atoms with Crippen LogP contribution in [0.15, 0.2) is 35.2 Å². The average molecular weight is 411 g/mol. The van der Waals surface area contributed by atoms with E-state index in [-0.39, 0.29) is 35.1 Å². The van der Waals surface area contributed by atoms with Crippen LogP contribution in [0.5, 0.6) is 0 Å². The van der Waals surface area contributed by atoms with E-state index >= 15 is 0 Å². The number of amides is 2. The van der Waals surface area contributed by atoms with Crippen LogP contribution in [0.2, 0.25) is 0 Å². The minimum absolute atomic E-state index is 0.0179. The van der Waals surface area contributed by atoms with E-state index in [4.69, 9.17) is 15.9 Å². The largest absolute Gasteiger partial charge is 0.444 e. The van der Waals surface area contributed by atoms with Gasteiger partial charge in [0.15, 0.2) is 11.4 Å². The lowest BCUT2D eigenvalue weighted by Gasteiger charge is -2.25. The van der Waals surface area contributed by atoms with Crippen molar-refractivity contribution in [3.8, 4) is 11.5 Å². The highest BCUT2D eigenvalue weighted by atomic mass is 16.3. The Labute approximate surface area is 171 Å². The number of primary amides is 1. The van der Waals surface area contributed by atoms with E-state index in [0.29, 0.717) is 24.2 Å². The molecule has 0 spiro atoms. The molecule has 1 aliphatic carbocycles. The molecule has 3 aromatic heterocycles. The summed E-state index contributed by atoms with van der Waals surface area (Å²) in [6.07, 6.45) is 6.71. The first-order valence-corrected chi connectivity index (χ1v) is 9.46. The number of pyridine rings is 1. The first kappa shape index (κ1) is 19.6. The fourth-order valence-electron chi connectivity index (χ4n) is 3.45. The van der Waals surface area contributed by atoms with Gasteiger partial charge in [-0.25, -0.2) is 9.97 Å². The molecule has 0 atom stereocenters. The number of nitrogens with two attached hydrogens (primary N) is 2. The van der Waals surface area contributed by atoms with Crippen molar-refractivity contribution in [1.29, 1.82) is 0 Å². The second kappa shape index (κ2) is 7.95. The Morgan fingerprint density at radius 3 is 2.73 bits per heavy atom. The molecular formula is C19H21N7O4. The van der Waals surface area contributed by atoms with Crippen LogP contribution in [0.25, 0.3) is 11.5 Å². The second-order valence-electron chi connectivity index (χ2n) is 7.16. The van der Waals surface area contributed by atoms with Gasteiger partial charge in [-0.15, -0.1) is 0 Å². The number of aliphatic hydroxyl groups is 1.